The van der Waals surface area contributed by atoms with E-state index in [4.69, 9.17) is 9.72 Å². The Morgan fingerprint density at radius 1 is 1.20 bits per heavy atom. The van der Waals surface area contributed by atoms with Crippen molar-refractivity contribution in [1.29, 1.82) is 0 Å². The third-order valence-electron chi connectivity index (χ3n) is 6.01. The molecule has 1 aliphatic carbocycles. The van der Waals surface area contributed by atoms with E-state index in [1.54, 1.807) is 0 Å². The number of fused-ring (bicyclic) bond motifs is 1. The van der Waals surface area contributed by atoms with Crippen LogP contribution in [0.15, 0.2) is 24.3 Å². The predicted octanol–water partition coefficient (Wildman–Crippen LogP) is 3.19. The van der Waals surface area contributed by atoms with Crippen LogP contribution in [0.5, 0.6) is 0 Å². The Morgan fingerprint density at radius 2 is 1.92 bits per heavy atom. The molecule has 0 atom stereocenters. The molecule has 0 N–H and O–H groups in total. The molecule has 1 aromatic heterocycles. The highest BCUT2D eigenvalue weighted by molar-refractivity contribution is 5.76. The van der Waals surface area contributed by atoms with E-state index in [0.717, 1.165) is 50.7 Å². The lowest BCUT2D eigenvalue weighted by molar-refractivity contribution is -0.151. The van der Waals surface area contributed by atoms with Crippen LogP contribution in [0.1, 0.15) is 44.5 Å². The van der Waals surface area contributed by atoms with Gasteiger partial charge < -0.3 is 14.2 Å². The summed E-state index contributed by atoms with van der Waals surface area (Å²) in [4.78, 5) is 19.0. The summed E-state index contributed by atoms with van der Waals surface area (Å²) in [5.74, 6) is 1.29. The SMILES string of the molecule is CCc1nc2ccccc2n1C1CCN(C2CC(C(=O)OC)C2)CC1. The average Bonchev–Trinajstić information content (AvgIpc) is 2.99. The van der Waals surface area contributed by atoms with Gasteiger partial charge >= 0.3 is 5.97 Å². The van der Waals surface area contributed by atoms with E-state index in [1.165, 1.54) is 18.5 Å². The summed E-state index contributed by atoms with van der Waals surface area (Å²) < 4.78 is 7.33. The number of ether oxygens (including phenoxy) is 1. The molecule has 2 aromatic rings. The molecule has 0 amide bonds. The highest BCUT2D eigenvalue weighted by atomic mass is 16.5. The number of carbonyl (C=O) groups is 1. The van der Waals surface area contributed by atoms with Gasteiger partial charge in [-0.05, 0) is 37.8 Å². The second kappa shape index (κ2) is 6.79. The molecule has 134 valence electrons. The standard InChI is InChI=1S/C20H27N3O2/c1-3-19-21-17-6-4-5-7-18(17)23(19)15-8-10-22(11-9-15)16-12-14(13-16)20(24)25-2/h4-7,14-16H,3,8-13H2,1-2H3. The second-order valence-corrected chi connectivity index (χ2v) is 7.35. The van der Waals surface area contributed by atoms with Crippen LogP contribution in [-0.4, -0.2) is 46.7 Å². The van der Waals surface area contributed by atoms with Crippen molar-refractivity contribution in [2.24, 2.45) is 5.92 Å². The van der Waals surface area contributed by atoms with Crippen LogP contribution >= 0.6 is 0 Å². The van der Waals surface area contributed by atoms with Crippen molar-refractivity contribution < 1.29 is 9.53 Å². The van der Waals surface area contributed by atoms with Crippen LogP contribution in [0.4, 0.5) is 0 Å². The monoisotopic (exact) mass is 341 g/mol. The predicted molar refractivity (Wildman–Crippen MR) is 97.5 cm³/mol. The first-order valence-electron chi connectivity index (χ1n) is 9.49. The summed E-state index contributed by atoms with van der Waals surface area (Å²) in [7, 11) is 1.49. The van der Waals surface area contributed by atoms with E-state index < -0.39 is 0 Å². The Hall–Kier alpha value is -1.88. The van der Waals surface area contributed by atoms with Gasteiger partial charge in [-0.2, -0.15) is 0 Å². The number of nitrogens with zero attached hydrogens (tertiary/aromatic N) is 3. The molecule has 1 saturated carbocycles. The van der Waals surface area contributed by atoms with Gasteiger partial charge in [0.1, 0.15) is 5.82 Å². The number of methoxy groups -OCH3 is 1. The van der Waals surface area contributed by atoms with E-state index in [1.807, 2.05) is 0 Å². The van der Waals surface area contributed by atoms with E-state index in [9.17, 15) is 4.79 Å². The Labute approximate surface area is 149 Å². The number of likely N-dealkylation sites (tertiary alicyclic amines) is 1. The number of piperidine rings is 1. The van der Waals surface area contributed by atoms with Gasteiger partial charge in [-0.3, -0.25) is 4.79 Å². The van der Waals surface area contributed by atoms with Crippen molar-refractivity contribution in [3.05, 3.63) is 30.1 Å². The topological polar surface area (TPSA) is 47.4 Å². The van der Waals surface area contributed by atoms with Gasteiger partial charge in [0.25, 0.3) is 0 Å². The molecular weight excluding hydrogens is 314 g/mol. The number of hydrogen-bond donors (Lipinski definition) is 0. The van der Waals surface area contributed by atoms with Gasteiger partial charge in [0.2, 0.25) is 0 Å². The molecule has 0 unspecified atom stereocenters. The number of imidazole rings is 1. The smallest absolute Gasteiger partial charge is 0.308 e. The molecule has 2 aliphatic rings. The summed E-state index contributed by atoms with van der Waals surface area (Å²) in [6, 6.07) is 9.58. The van der Waals surface area contributed by atoms with Gasteiger partial charge in [-0.25, -0.2) is 4.98 Å². The molecule has 5 nitrogen and oxygen atoms in total. The van der Waals surface area contributed by atoms with Crippen LogP contribution in [0.3, 0.4) is 0 Å². The van der Waals surface area contributed by atoms with Crippen molar-refractivity contribution >= 4 is 17.0 Å². The van der Waals surface area contributed by atoms with E-state index in [-0.39, 0.29) is 11.9 Å². The highest BCUT2D eigenvalue weighted by Gasteiger charge is 2.39. The van der Waals surface area contributed by atoms with Gasteiger partial charge in [-0.15, -0.1) is 0 Å². The van der Waals surface area contributed by atoms with Crippen molar-refractivity contribution in [3.8, 4) is 0 Å². The lowest BCUT2D eigenvalue weighted by Gasteiger charge is -2.45. The zero-order chi connectivity index (χ0) is 17.4. The fourth-order valence-electron chi connectivity index (χ4n) is 4.51. The van der Waals surface area contributed by atoms with Crippen LogP contribution in [0.25, 0.3) is 11.0 Å². The molecule has 5 heteroatoms. The number of hydrogen-bond acceptors (Lipinski definition) is 4. The first-order valence-corrected chi connectivity index (χ1v) is 9.49. The molecule has 0 bridgehead atoms. The quantitative estimate of drug-likeness (QED) is 0.802. The molecule has 2 heterocycles. The Kier molecular flexibility index (Phi) is 4.50. The summed E-state index contributed by atoms with van der Waals surface area (Å²) >= 11 is 0. The Morgan fingerprint density at radius 3 is 2.60 bits per heavy atom. The maximum absolute atomic E-state index is 11.6. The average molecular weight is 341 g/mol. The summed E-state index contributed by atoms with van der Waals surface area (Å²) in [6.45, 7) is 4.41. The summed E-state index contributed by atoms with van der Waals surface area (Å²) in [5, 5.41) is 0. The number of aryl methyl sites for hydroxylation is 1. The maximum atomic E-state index is 11.6. The molecule has 25 heavy (non-hydrogen) atoms. The first kappa shape index (κ1) is 16.6. The van der Waals surface area contributed by atoms with Crippen molar-refractivity contribution in [2.75, 3.05) is 20.2 Å². The fraction of sp³-hybridized carbons (Fsp3) is 0.600. The molecule has 4 rings (SSSR count). The van der Waals surface area contributed by atoms with Gasteiger partial charge in [-0.1, -0.05) is 19.1 Å². The third kappa shape index (κ3) is 2.95. The van der Waals surface area contributed by atoms with Crippen LogP contribution in [0, 0.1) is 5.92 Å². The summed E-state index contributed by atoms with van der Waals surface area (Å²) in [6.07, 6.45) is 5.22. The van der Waals surface area contributed by atoms with E-state index in [2.05, 4.69) is 40.7 Å². The van der Waals surface area contributed by atoms with Crippen LogP contribution in [-0.2, 0) is 16.0 Å². The van der Waals surface area contributed by atoms with E-state index >= 15 is 0 Å². The summed E-state index contributed by atoms with van der Waals surface area (Å²) in [5.41, 5.74) is 2.38. The van der Waals surface area contributed by atoms with Crippen molar-refractivity contribution in [1.82, 2.24) is 14.5 Å². The number of para-hydroxylation sites is 2. The number of aromatic nitrogens is 2. The minimum atomic E-state index is -0.0383. The molecule has 1 aliphatic heterocycles. The number of carbonyl (C=O) groups excluding carboxylic acids is 1. The number of esters is 1. The lowest BCUT2D eigenvalue weighted by atomic mass is 9.78. The Balaban J connectivity index is 1.42. The number of benzene rings is 1. The number of rotatable bonds is 4. The molecule has 0 radical (unpaired) electrons. The molecule has 1 saturated heterocycles. The lowest BCUT2D eigenvalue weighted by Crippen LogP contribution is -2.50. The zero-order valence-electron chi connectivity index (χ0n) is 15.1. The molecule has 0 spiro atoms. The van der Waals surface area contributed by atoms with Gasteiger partial charge in [0.15, 0.2) is 0 Å². The Bertz CT molecular complexity index is 755. The third-order valence-corrected chi connectivity index (χ3v) is 6.01. The largest absolute Gasteiger partial charge is 0.469 e. The maximum Gasteiger partial charge on any atom is 0.308 e. The van der Waals surface area contributed by atoms with Crippen molar-refractivity contribution in [3.63, 3.8) is 0 Å². The normalized spacial score (nSPS) is 25.0. The molecular formula is C20H27N3O2. The minimum absolute atomic E-state index is 0.0383. The molecule has 2 fully saturated rings. The molecule has 1 aromatic carbocycles. The van der Waals surface area contributed by atoms with E-state index in [0.29, 0.717) is 12.1 Å². The zero-order valence-corrected chi connectivity index (χ0v) is 15.1. The van der Waals surface area contributed by atoms with Crippen molar-refractivity contribution in [2.45, 2.75) is 51.1 Å². The van der Waals surface area contributed by atoms with Crippen LogP contribution in [0.2, 0.25) is 0 Å². The minimum Gasteiger partial charge on any atom is -0.469 e. The highest BCUT2D eigenvalue weighted by Crippen LogP contribution is 2.36. The fourth-order valence-corrected chi connectivity index (χ4v) is 4.51. The van der Waals surface area contributed by atoms with Gasteiger partial charge in [0.05, 0.1) is 24.1 Å². The first-order chi connectivity index (χ1) is 12.2. The second-order valence-electron chi connectivity index (χ2n) is 7.35. The van der Waals surface area contributed by atoms with Gasteiger partial charge in [0, 0.05) is 31.6 Å². The van der Waals surface area contributed by atoms with Crippen LogP contribution < -0.4 is 0 Å².